The second-order valence-electron chi connectivity index (χ2n) is 6.43. The van der Waals surface area contributed by atoms with Crippen LogP contribution in [0.4, 0.5) is 5.69 Å². The highest BCUT2D eigenvalue weighted by atomic mass is 32.2. The maximum atomic E-state index is 12.3. The van der Waals surface area contributed by atoms with Gasteiger partial charge in [-0.3, -0.25) is 4.79 Å². The predicted molar refractivity (Wildman–Crippen MR) is 95.1 cm³/mol. The summed E-state index contributed by atoms with van der Waals surface area (Å²) in [7, 11) is -3.29. The van der Waals surface area contributed by atoms with Crippen LogP contribution >= 0.6 is 0 Å². The summed E-state index contributed by atoms with van der Waals surface area (Å²) in [6.07, 6.45) is 4.84. The number of nitrogens with one attached hydrogen (secondary N) is 1. The quantitative estimate of drug-likeness (QED) is 0.928. The van der Waals surface area contributed by atoms with Crippen molar-refractivity contribution in [2.75, 3.05) is 11.6 Å². The van der Waals surface area contributed by atoms with Gasteiger partial charge >= 0.3 is 0 Å². The Labute approximate surface area is 142 Å². The first-order valence-electron chi connectivity index (χ1n) is 8.04. The molecule has 5 heteroatoms. The number of carbonyl (C=O) groups is 1. The first-order valence-corrected chi connectivity index (χ1v) is 9.93. The highest BCUT2D eigenvalue weighted by molar-refractivity contribution is 7.90. The molecule has 4 nitrogen and oxygen atoms in total. The van der Waals surface area contributed by atoms with Crippen molar-refractivity contribution in [2.24, 2.45) is 0 Å². The van der Waals surface area contributed by atoms with E-state index >= 15 is 0 Å². The summed E-state index contributed by atoms with van der Waals surface area (Å²) >= 11 is 0. The number of benzene rings is 2. The fraction of sp³-hybridized carbons (Fsp3) is 0.316. The van der Waals surface area contributed by atoms with E-state index in [1.165, 1.54) is 23.6 Å². The van der Waals surface area contributed by atoms with Crippen LogP contribution in [0.3, 0.4) is 0 Å². The maximum absolute atomic E-state index is 12.3. The van der Waals surface area contributed by atoms with Crippen LogP contribution in [0, 0.1) is 6.92 Å². The molecule has 0 saturated carbocycles. The third kappa shape index (κ3) is 3.67. The molecule has 0 saturated heterocycles. The monoisotopic (exact) mass is 343 g/mol. The lowest BCUT2D eigenvalue weighted by Crippen LogP contribution is -2.15. The summed E-state index contributed by atoms with van der Waals surface area (Å²) in [6, 6.07) is 11.0. The van der Waals surface area contributed by atoms with Crippen molar-refractivity contribution >= 4 is 21.4 Å². The van der Waals surface area contributed by atoms with Gasteiger partial charge in [0.2, 0.25) is 5.91 Å². The van der Waals surface area contributed by atoms with Crippen molar-refractivity contribution in [2.45, 2.75) is 37.5 Å². The SMILES string of the molecule is Cc1ccc(S(C)(=O)=O)cc1NC(=O)Cc1ccc2c(c1)CCC2. The van der Waals surface area contributed by atoms with E-state index in [2.05, 4.69) is 17.4 Å². The minimum atomic E-state index is -3.29. The Hall–Kier alpha value is -2.14. The summed E-state index contributed by atoms with van der Waals surface area (Å²) < 4.78 is 23.3. The van der Waals surface area contributed by atoms with Gasteiger partial charge in [0, 0.05) is 11.9 Å². The van der Waals surface area contributed by atoms with Crippen molar-refractivity contribution < 1.29 is 13.2 Å². The maximum Gasteiger partial charge on any atom is 0.228 e. The van der Waals surface area contributed by atoms with Crippen LogP contribution in [0.15, 0.2) is 41.3 Å². The van der Waals surface area contributed by atoms with Crippen LogP contribution in [0.1, 0.15) is 28.7 Å². The van der Waals surface area contributed by atoms with Gasteiger partial charge in [-0.25, -0.2) is 8.42 Å². The van der Waals surface area contributed by atoms with E-state index in [9.17, 15) is 13.2 Å². The summed E-state index contributed by atoms with van der Waals surface area (Å²) in [5.74, 6) is -0.137. The number of sulfone groups is 1. The number of anilines is 1. The lowest BCUT2D eigenvalue weighted by molar-refractivity contribution is -0.115. The van der Waals surface area contributed by atoms with Crippen molar-refractivity contribution in [1.29, 1.82) is 0 Å². The molecule has 1 aliphatic carbocycles. The largest absolute Gasteiger partial charge is 0.326 e. The molecule has 2 aromatic carbocycles. The minimum Gasteiger partial charge on any atom is -0.326 e. The van der Waals surface area contributed by atoms with E-state index < -0.39 is 9.84 Å². The lowest BCUT2D eigenvalue weighted by atomic mass is 10.0. The fourth-order valence-electron chi connectivity index (χ4n) is 3.08. The number of carbonyl (C=O) groups excluding carboxylic acids is 1. The van der Waals surface area contributed by atoms with Crippen LogP contribution in [-0.4, -0.2) is 20.6 Å². The molecule has 1 amide bonds. The standard InChI is InChI=1S/C19H21NO3S/c1-13-6-9-17(24(2,22)23)12-18(13)20-19(21)11-14-7-8-15-4-3-5-16(15)10-14/h6-10,12H,3-5,11H2,1-2H3,(H,20,21). The third-order valence-electron chi connectivity index (χ3n) is 4.44. The average Bonchev–Trinajstić information content (AvgIpc) is 2.96. The molecular formula is C19H21NO3S. The van der Waals surface area contributed by atoms with Gasteiger partial charge in [0.25, 0.3) is 0 Å². The van der Waals surface area contributed by atoms with Crippen LogP contribution in [0.25, 0.3) is 0 Å². The Balaban J connectivity index is 1.75. The van der Waals surface area contributed by atoms with Gasteiger partial charge in [-0.15, -0.1) is 0 Å². The van der Waals surface area contributed by atoms with E-state index in [1.807, 2.05) is 13.0 Å². The zero-order chi connectivity index (χ0) is 17.3. The molecule has 126 valence electrons. The van der Waals surface area contributed by atoms with Crippen LogP contribution in [-0.2, 0) is 33.9 Å². The smallest absolute Gasteiger partial charge is 0.228 e. The molecule has 0 spiro atoms. The molecule has 2 aromatic rings. The summed E-state index contributed by atoms with van der Waals surface area (Å²) in [6.45, 7) is 1.84. The van der Waals surface area contributed by atoms with Gasteiger partial charge in [0.05, 0.1) is 11.3 Å². The van der Waals surface area contributed by atoms with E-state index in [4.69, 9.17) is 0 Å². The third-order valence-corrected chi connectivity index (χ3v) is 5.55. The van der Waals surface area contributed by atoms with Gasteiger partial charge in [0.15, 0.2) is 9.84 Å². The zero-order valence-electron chi connectivity index (χ0n) is 13.9. The lowest BCUT2D eigenvalue weighted by Gasteiger charge is -2.11. The van der Waals surface area contributed by atoms with Crippen LogP contribution in [0.5, 0.6) is 0 Å². The first kappa shape index (κ1) is 16.7. The zero-order valence-corrected chi connectivity index (χ0v) is 14.7. The highest BCUT2D eigenvalue weighted by Gasteiger charge is 2.14. The van der Waals surface area contributed by atoms with Crippen molar-refractivity contribution in [3.8, 4) is 0 Å². The molecule has 0 atom stereocenters. The number of hydrogen-bond acceptors (Lipinski definition) is 3. The van der Waals surface area contributed by atoms with Gasteiger partial charge in [-0.1, -0.05) is 24.3 Å². The van der Waals surface area contributed by atoms with Gasteiger partial charge in [0.1, 0.15) is 0 Å². The van der Waals surface area contributed by atoms with Crippen molar-refractivity contribution in [3.05, 3.63) is 58.7 Å². The average molecular weight is 343 g/mol. The molecule has 0 aliphatic heterocycles. The molecule has 3 rings (SSSR count). The van der Waals surface area contributed by atoms with Gasteiger partial charge in [-0.2, -0.15) is 0 Å². The fourth-order valence-corrected chi connectivity index (χ4v) is 3.73. The molecule has 0 unspecified atom stereocenters. The molecule has 1 aliphatic rings. The van der Waals surface area contributed by atoms with Crippen LogP contribution < -0.4 is 5.32 Å². The highest BCUT2D eigenvalue weighted by Crippen LogP contribution is 2.24. The topological polar surface area (TPSA) is 63.2 Å². The number of hydrogen-bond donors (Lipinski definition) is 1. The first-order chi connectivity index (χ1) is 11.3. The number of fused-ring (bicyclic) bond motifs is 1. The number of aryl methyl sites for hydroxylation is 3. The number of amides is 1. The molecule has 0 heterocycles. The van der Waals surface area contributed by atoms with Gasteiger partial charge in [-0.05, 0) is 60.6 Å². The molecule has 0 radical (unpaired) electrons. The molecule has 0 fully saturated rings. The van der Waals surface area contributed by atoms with E-state index in [0.717, 1.165) is 30.2 Å². The second-order valence-corrected chi connectivity index (χ2v) is 8.45. The van der Waals surface area contributed by atoms with Gasteiger partial charge < -0.3 is 5.32 Å². The minimum absolute atomic E-state index is 0.137. The van der Waals surface area contributed by atoms with Crippen LogP contribution in [0.2, 0.25) is 0 Å². The summed E-state index contributed by atoms with van der Waals surface area (Å²) in [4.78, 5) is 12.5. The van der Waals surface area contributed by atoms with E-state index in [-0.39, 0.29) is 17.2 Å². The van der Waals surface area contributed by atoms with Crippen molar-refractivity contribution in [1.82, 2.24) is 0 Å². The molecule has 0 bridgehead atoms. The Kier molecular flexibility index (Phi) is 4.45. The Bertz CT molecular complexity index is 901. The van der Waals surface area contributed by atoms with E-state index in [1.54, 1.807) is 12.1 Å². The second kappa shape index (κ2) is 6.40. The Morgan fingerprint density at radius 3 is 2.58 bits per heavy atom. The molecule has 0 aromatic heterocycles. The summed E-state index contributed by atoms with van der Waals surface area (Å²) in [5.41, 5.74) is 5.10. The van der Waals surface area contributed by atoms with E-state index in [0.29, 0.717) is 5.69 Å². The molecular weight excluding hydrogens is 322 g/mol. The Morgan fingerprint density at radius 2 is 1.83 bits per heavy atom. The normalized spacial score (nSPS) is 13.6. The molecule has 1 N–H and O–H groups in total. The summed E-state index contributed by atoms with van der Waals surface area (Å²) in [5, 5.41) is 2.84. The Morgan fingerprint density at radius 1 is 1.08 bits per heavy atom. The van der Waals surface area contributed by atoms with Crippen molar-refractivity contribution in [3.63, 3.8) is 0 Å². The molecule has 24 heavy (non-hydrogen) atoms. The number of rotatable bonds is 4. The predicted octanol–water partition coefficient (Wildman–Crippen LogP) is 3.07.